The van der Waals surface area contributed by atoms with Crippen LogP contribution in [0.1, 0.15) is 62.4 Å². The number of carbonyl (C=O) groups is 1. The quantitative estimate of drug-likeness (QED) is 0.446. The van der Waals surface area contributed by atoms with Crippen LogP contribution in [0.15, 0.2) is 18.2 Å². The maximum Gasteiger partial charge on any atom is 0.416 e. The van der Waals surface area contributed by atoms with Crippen molar-refractivity contribution in [3.05, 3.63) is 40.6 Å². The van der Waals surface area contributed by atoms with Crippen molar-refractivity contribution in [1.82, 2.24) is 15.1 Å². The molecular formula is C27H34F3N3O4. The number of carbonyl (C=O) groups excluding carboxylic acids is 1. The number of nitrogens with zero attached hydrogens (tertiary/aromatic N) is 3. The smallest absolute Gasteiger partial charge is 0.416 e. The number of hydrogen-bond acceptors (Lipinski definition) is 6. The summed E-state index contributed by atoms with van der Waals surface area (Å²) < 4.78 is 56.0. The fourth-order valence-corrected chi connectivity index (χ4v) is 5.07. The van der Waals surface area contributed by atoms with Crippen LogP contribution in [0.2, 0.25) is 0 Å². The molecular weight excluding hydrogens is 487 g/mol. The highest BCUT2D eigenvalue weighted by atomic mass is 19.4. The van der Waals surface area contributed by atoms with Gasteiger partial charge in [-0.3, -0.25) is 0 Å². The average molecular weight is 522 g/mol. The van der Waals surface area contributed by atoms with Gasteiger partial charge >= 0.3 is 12.3 Å². The molecule has 0 N–H and O–H groups in total. The summed E-state index contributed by atoms with van der Waals surface area (Å²) in [6.45, 7) is 6.66. The van der Waals surface area contributed by atoms with Gasteiger partial charge in [0.15, 0.2) is 6.79 Å². The SMILES string of the molecule is COCOc1cc(C(F)(F)F)ccc1-c1nnc(C[C@@H]2CCCN(C(=O)OC(C)(C)C)C2)c2c1CCC2. The van der Waals surface area contributed by atoms with Crippen molar-refractivity contribution in [1.29, 1.82) is 0 Å². The number of fused-ring (bicyclic) bond motifs is 1. The second-order valence-electron chi connectivity index (χ2n) is 10.7. The molecule has 1 aromatic heterocycles. The molecule has 0 spiro atoms. The van der Waals surface area contributed by atoms with Crippen molar-refractivity contribution >= 4 is 6.09 Å². The Morgan fingerprint density at radius 1 is 1.11 bits per heavy atom. The number of ether oxygens (including phenoxy) is 3. The average Bonchev–Trinajstić information content (AvgIpc) is 3.32. The Morgan fingerprint density at radius 2 is 1.86 bits per heavy atom. The van der Waals surface area contributed by atoms with Gasteiger partial charge < -0.3 is 19.1 Å². The number of amides is 1. The molecule has 1 saturated heterocycles. The summed E-state index contributed by atoms with van der Waals surface area (Å²) in [6.07, 6.45) is 0.302. The normalized spacial score (nSPS) is 18.0. The van der Waals surface area contributed by atoms with E-state index in [9.17, 15) is 18.0 Å². The van der Waals surface area contributed by atoms with E-state index in [2.05, 4.69) is 10.2 Å². The third-order valence-corrected chi connectivity index (χ3v) is 6.67. The molecule has 1 aromatic carbocycles. The molecule has 2 heterocycles. The van der Waals surface area contributed by atoms with Gasteiger partial charge in [-0.15, -0.1) is 5.10 Å². The Hall–Kier alpha value is -2.88. The zero-order valence-corrected chi connectivity index (χ0v) is 21.8. The lowest BCUT2D eigenvalue weighted by Crippen LogP contribution is -2.43. The molecule has 0 bridgehead atoms. The number of piperidine rings is 1. The number of aromatic nitrogens is 2. The molecule has 4 rings (SSSR count). The fourth-order valence-electron chi connectivity index (χ4n) is 5.07. The summed E-state index contributed by atoms with van der Waals surface area (Å²) in [7, 11) is 1.41. The van der Waals surface area contributed by atoms with Crippen molar-refractivity contribution in [2.45, 2.75) is 71.1 Å². The van der Waals surface area contributed by atoms with Crippen molar-refractivity contribution in [3.8, 4) is 17.0 Å². The van der Waals surface area contributed by atoms with Crippen LogP contribution in [-0.2, 0) is 34.9 Å². The number of halogens is 3. The highest BCUT2D eigenvalue weighted by Gasteiger charge is 2.33. The molecule has 10 heteroatoms. The molecule has 202 valence electrons. The first-order valence-electron chi connectivity index (χ1n) is 12.6. The number of alkyl halides is 3. The van der Waals surface area contributed by atoms with Crippen LogP contribution in [0, 0.1) is 5.92 Å². The summed E-state index contributed by atoms with van der Waals surface area (Å²) in [6, 6.07) is 3.42. The Morgan fingerprint density at radius 3 is 2.57 bits per heavy atom. The van der Waals surface area contributed by atoms with Crippen LogP contribution < -0.4 is 4.74 Å². The number of rotatable bonds is 6. The van der Waals surface area contributed by atoms with Gasteiger partial charge in [-0.25, -0.2) is 4.79 Å². The number of benzene rings is 1. The van der Waals surface area contributed by atoms with Gasteiger partial charge in [0.2, 0.25) is 0 Å². The summed E-state index contributed by atoms with van der Waals surface area (Å²) in [5.41, 5.74) is 2.69. The highest BCUT2D eigenvalue weighted by molar-refractivity contribution is 5.72. The molecule has 0 unspecified atom stereocenters. The van der Waals surface area contributed by atoms with Crippen LogP contribution in [-0.4, -0.2) is 53.8 Å². The lowest BCUT2D eigenvalue weighted by molar-refractivity contribution is -0.137. The fraction of sp³-hybridized carbons (Fsp3) is 0.593. The standard InChI is InChI=1S/C27H34F3N3O4/c1-26(2,3)37-25(34)33-12-6-7-17(15-33)13-22-19-8-5-9-20(19)24(32-31-22)21-11-10-18(27(28,29)30)14-23(21)36-16-35-4/h10-11,14,17H,5-9,12-13,15-16H2,1-4H3/t17-/m0/s1. The first kappa shape index (κ1) is 27.2. The number of likely N-dealkylation sites (tertiary alicyclic amines) is 1. The maximum absolute atomic E-state index is 13.3. The molecule has 1 fully saturated rings. The lowest BCUT2D eigenvalue weighted by Gasteiger charge is -2.34. The Balaban J connectivity index is 1.59. The predicted molar refractivity (Wildman–Crippen MR) is 131 cm³/mol. The molecule has 37 heavy (non-hydrogen) atoms. The third kappa shape index (κ3) is 6.52. The van der Waals surface area contributed by atoms with E-state index in [0.29, 0.717) is 30.8 Å². The van der Waals surface area contributed by atoms with Crippen LogP contribution in [0.25, 0.3) is 11.3 Å². The zero-order valence-electron chi connectivity index (χ0n) is 21.8. The predicted octanol–water partition coefficient (Wildman–Crippen LogP) is 5.82. The molecule has 1 atom stereocenters. The maximum atomic E-state index is 13.3. The van der Waals surface area contributed by atoms with Crippen molar-refractivity contribution in [3.63, 3.8) is 0 Å². The molecule has 1 aliphatic heterocycles. The number of methoxy groups -OCH3 is 1. The van der Waals surface area contributed by atoms with Gasteiger partial charge in [0.05, 0.1) is 11.3 Å². The molecule has 0 radical (unpaired) electrons. The minimum absolute atomic E-state index is 0.0631. The molecule has 0 saturated carbocycles. The van der Waals surface area contributed by atoms with E-state index in [4.69, 9.17) is 14.2 Å². The minimum atomic E-state index is -4.49. The number of hydrogen-bond donors (Lipinski definition) is 0. The van der Waals surface area contributed by atoms with E-state index in [1.165, 1.54) is 13.2 Å². The lowest BCUT2D eigenvalue weighted by atomic mass is 9.91. The summed E-state index contributed by atoms with van der Waals surface area (Å²) >= 11 is 0. The minimum Gasteiger partial charge on any atom is -0.467 e. The van der Waals surface area contributed by atoms with Crippen molar-refractivity contribution < 1.29 is 32.2 Å². The van der Waals surface area contributed by atoms with E-state index >= 15 is 0 Å². The van der Waals surface area contributed by atoms with E-state index in [-0.39, 0.29) is 24.6 Å². The Kier molecular flexibility index (Phi) is 7.96. The van der Waals surface area contributed by atoms with E-state index in [1.54, 1.807) is 4.90 Å². The second kappa shape index (κ2) is 10.8. The van der Waals surface area contributed by atoms with Crippen LogP contribution in [0.4, 0.5) is 18.0 Å². The summed E-state index contributed by atoms with van der Waals surface area (Å²) in [4.78, 5) is 14.3. The monoisotopic (exact) mass is 521 g/mol. The van der Waals surface area contributed by atoms with E-state index in [0.717, 1.165) is 61.1 Å². The third-order valence-electron chi connectivity index (χ3n) is 6.67. The van der Waals surface area contributed by atoms with E-state index in [1.807, 2.05) is 20.8 Å². The summed E-state index contributed by atoms with van der Waals surface area (Å²) in [5, 5.41) is 9.04. The van der Waals surface area contributed by atoms with Crippen molar-refractivity contribution in [2.24, 2.45) is 5.92 Å². The largest absolute Gasteiger partial charge is 0.467 e. The molecule has 1 amide bonds. The van der Waals surface area contributed by atoms with Crippen LogP contribution in [0.3, 0.4) is 0 Å². The Labute approximate surface area is 215 Å². The molecule has 2 aromatic rings. The first-order valence-corrected chi connectivity index (χ1v) is 12.6. The van der Waals surface area contributed by atoms with Crippen LogP contribution >= 0.6 is 0 Å². The molecule has 2 aliphatic rings. The van der Waals surface area contributed by atoms with Gasteiger partial charge in [0.25, 0.3) is 0 Å². The van der Waals surface area contributed by atoms with Gasteiger partial charge in [-0.1, -0.05) is 0 Å². The van der Waals surface area contributed by atoms with E-state index < -0.39 is 17.3 Å². The van der Waals surface area contributed by atoms with Gasteiger partial charge in [-0.2, -0.15) is 18.3 Å². The highest BCUT2D eigenvalue weighted by Crippen LogP contribution is 2.40. The van der Waals surface area contributed by atoms with Crippen molar-refractivity contribution in [2.75, 3.05) is 27.0 Å². The summed E-state index contributed by atoms with van der Waals surface area (Å²) in [5.74, 6) is 0.297. The van der Waals surface area contributed by atoms with Crippen LogP contribution in [0.5, 0.6) is 5.75 Å². The van der Waals surface area contributed by atoms with Gasteiger partial charge in [-0.05, 0) is 94.5 Å². The van der Waals surface area contributed by atoms with Gasteiger partial charge in [0, 0.05) is 25.8 Å². The van der Waals surface area contributed by atoms with Gasteiger partial charge in [0.1, 0.15) is 17.0 Å². The topological polar surface area (TPSA) is 73.8 Å². The molecule has 7 nitrogen and oxygen atoms in total. The molecule has 1 aliphatic carbocycles. The first-order chi connectivity index (χ1) is 17.5. The second-order valence-corrected chi connectivity index (χ2v) is 10.7. The Bertz CT molecular complexity index is 1130. The zero-order chi connectivity index (χ0) is 26.8.